The predicted molar refractivity (Wildman–Crippen MR) is 105 cm³/mol. The number of aliphatic hydroxyl groups excluding tert-OH is 10. The monoisotopic (exact) mass is 483 g/mol. The van der Waals surface area contributed by atoms with E-state index in [9.17, 15) is 51.1 Å². The van der Waals surface area contributed by atoms with E-state index in [0.717, 1.165) is 0 Å². The van der Waals surface area contributed by atoms with Gasteiger partial charge in [-0.25, -0.2) is 0 Å². The number of hydrogen-bond donors (Lipinski definition) is 11. The summed E-state index contributed by atoms with van der Waals surface area (Å²) in [6, 6.07) is -2.02. The van der Waals surface area contributed by atoms with E-state index >= 15 is 0 Å². The molecular weight excluding hydrogens is 450 g/mol. The van der Waals surface area contributed by atoms with E-state index in [0.29, 0.717) is 0 Å². The molecule has 14 atom stereocenters. The number of rotatable bonds is 6. The van der Waals surface area contributed by atoms with Gasteiger partial charge in [0, 0.05) is 0 Å². The highest BCUT2D eigenvalue weighted by atomic mass is 16.7. The van der Waals surface area contributed by atoms with Gasteiger partial charge < -0.3 is 70.6 Å². The van der Waals surface area contributed by atoms with Crippen molar-refractivity contribution in [2.24, 2.45) is 0 Å². The van der Waals surface area contributed by atoms with E-state index in [1.165, 1.54) is 13.0 Å². The molecule has 11 N–H and O–H groups in total. The zero-order valence-electron chi connectivity index (χ0n) is 17.8. The lowest BCUT2D eigenvalue weighted by Crippen LogP contribution is -2.68. The lowest BCUT2D eigenvalue weighted by molar-refractivity contribution is -0.345. The molecule has 0 aromatic carbocycles. The van der Waals surface area contributed by atoms with Gasteiger partial charge in [-0.3, -0.25) is 0 Å². The number of hydrogen-bond acceptors (Lipinski definition) is 14. The Labute approximate surface area is 188 Å². The normalized spacial score (nSPS) is 51.3. The van der Waals surface area contributed by atoms with Crippen molar-refractivity contribution in [1.29, 1.82) is 0 Å². The Morgan fingerprint density at radius 3 is 2.12 bits per heavy atom. The lowest BCUT2D eigenvalue weighted by atomic mass is 9.86. The fraction of sp³-hybridized carbons (Fsp3) is 0.895. The van der Waals surface area contributed by atoms with Gasteiger partial charge in [0.1, 0.15) is 54.9 Å². The first kappa shape index (κ1) is 26.8. The molecule has 3 aliphatic rings. The predicted octanol–water partition coefficient (Wildman–Crippen LogP) is -6.39. The summed E-state index contributed by atoms with van der Waals surface area (Å²) in [6.45, 7) is 0.249. The second kappa shape index (κ2) is 10.8. The summed E-state index contributed by atoms with van der Waals surface area (Å²) in [5, 5.41) is 103. The molecular formula is C19H33NO13. The van der Waals surface area contributed by atoms with Crippen LogP contribution in [0.15, 0.2) is 11.6 Å². The molecule has 0 aromatic heterocycles. The topological polar surface area (TPSA) is 242 Å². The third-order valence-corrected chi connectivity index (χ3v) is 6.36. The van der Waals surface area contributed by atoms with Crippen molar-refractivity contribution in [3.05, 3.63) is 11.6 Å². The highest BCUT2D eigenvalue weighted by Gasteiger charge is 2.50. The van der Waals surface area contributed by atoms with Crippen LogP contribution >= 0.6 is 0 Å². The first-order chi connectivity index (χ1) is 15.5. The molecule has 192 valence electrons. The molecule has 0 bridgehead atoms. The molecule has 2 heterocycles. The average molecular weight is 483 g/mol. The van der Waals surface area contributed by atoms with Gasteiger partial charge in [-0.15, -0.1) is 0 Å². The molecule has 14 heteroatoms. The summed E-state index contributed by atoms with van der Waals surface area (Å²) in [5.41, 5.74) is 0.0630. The van der Waals surface area contributed by atoms with Crippen LogP contribution in [0.4, 0.5) is 0 Å². The van der Waals surface area contributed by atoms with E-state index in [1.54, 1.807) is 0 Å². The van der Waals surface area contributed by atoms with Gasteiger partial charge in [0.2, 0.25) is 0 Å². The van der Waals surface area contributed by atoms with Crippen LogP contribution in [0.25, 0.3) is 0 Å². The third-order valence-electron chi connectivity index (χ3n) is 6.36. The Kier molecular flexibility index (Phi) is 8.80. The second-order valence-electron chi connectivity index (χ2n) is 8.56. The van der Waals surface area contributed by atoms with Crippen LogP contribution in [0.5, 0.6) is 0 Å². The molecule has 0 saturated carbocycles. The average Bonchev–Trinajstić information content (AvgIpc) is 2.79. The maximum absolute atomic E-state index is 10.7. The van der Waals surface area contributed by atoms with Gasteiger partial charge in [-0.1, -0.05) is 6.08 Å². The van der Waals surface area contributed by atoms with Gasteiger partial charge in [-0.2, -0.15) is 0 Å². The van der Waals surface area contributed by atoms with Crippen molar-refractivity contribution in [3.63, 3.8) is 0 Å². The zero-order valence-corrected chi connectivity index (χ0v) is 17.8. The van der Waals surface area contributed by atoms with Crippen molar-refractivity contribution in [2.45, 2.75) is 92.6 Å². The minimum Gasteiger partial charge on any atom is -0.394 e. The van der Waals surface area contributed by atoms with Gasteiger partial charge in [0.15, 0.2) is 12.6 Å². The van der Waals surface area contributed by atoms with Crippen LogP contribution in [0, 0.1) is 0 Å². The van der Waals surface area contributed by atoms with Gasteiger partial charge in [-0.05, 0) is 12.5 Å². The molecule has 1 aliphatic carbocycles. The summed E-state index contributed by atoms with van der Waals surface area (Å²) >= 11 is 0. The summed E-state index contributed by atoms with van der Waals surface area (Å²) < 4.78 is 16.1. The molecule has 0 unspecified atom stereocenters. The first-order valence-corrected chi connectivity index (χ1v) is 10.6. The number of aliphatic hydroxyl groups is 10. The van der Waals surface area contributed by atoms with Crippen molar-refractivity contribution in [3.8, 4) is 0 Å². The van der Waals surface area contributed by atoms with E-state index in [1.807, 2.05) is 0 Å². The number of nitrogens with one attached hydrogen (secondary N) is 1. The molecule has 2 saturated heterocycles. The molecule has 0 amide bonds. The van der Waals surface area contributed by atoms with Crippen LogP contribution < -0.4 is 5.32 Å². The van der Waals surface area contributed by atoms with Crippen molar-refractivity contribution in [2.75, 3.05) is 13.2 Å². The fourth-order valence-corrected chi connectivity index (χ4v) is 4.33. The molecule has 0 spiro atoms. The molecule has 0 radical (unpaired) electrons. The highest BCUT2D eigenvalue weighted by Crippen LogP contribution is 2.29. The van der Waals surface area contributed by atoms with Gasteiger partial charge in [0.05, 0.1) is 31.4 Å². The molecule has 33 heavy (non-hydrogen) atoms. The van der Waals surface area contributed by atoms with Crippen LogP contribution in [-0.2, 0) is 14.2 Å². The smallest absolute Gasteiger partial charge is 0.187 e. The highest BCUT2D eigenvalue weighted by molar-refractivity contribution is 5.22. The molecule has 3 rings (SSSR count). The molecule has 2 aliphatic heterocycles. The Hall–Kier alpha value is -0.820. The fourth-order valence-electron chi connectivity index (χ4n) is 4.33. The second-order valence-corrected chi connectivity index (χ2v) is 8.56. The maximum Gasteiger partial charge on any atom is 0.187 e. The van der Waals surface area contributed by atoms with Crippen LogP contribution in [0.2, 0.25) is 0 Å². The van der Waals surface area contributed by atoms with Crippen LogP contribution in [0.1, 0.15) is 6.92 Å². The Bertz CT molecular complexity index is 680. The number of ether oxygens (including phenoxy) is 3. The Morgan fingerprint density at radius 2 is 1.52 bits per heavy atom. The Morgan fingerprint density at radius 1 is 0.848 bits per heavy atom. The summed E-state index contributed by atoms with van der Waals surface area (Å²) in [5.74, 6) is 0. The van der Waals surface area contributed by atoms with Gasteiger partial charge >= 0.3 is 0 Å². The minimum absolute atomic E-state index is 0.0630. The molecule has 0 aromatic rings. The largest absolute Gasteiger partial charge is 0.394 e. The van der Waals surface area contributed by atoms with E-state index < -0.39 is 98.9 Å². The summed E-state index contributed by atoms with van der Waals surface area (Å²) in [4.78, 5) is 0. The van der Waals surface area contributed by atoms with Gasteiger partial charge in [0.25, 0.3) is 0 Å². The molecule has 14 nitrogen and oxygen atoms in total. The van der Waals surface area contributed by atoms with Crippen molar-refractivity contribution < 1.29 is 65.3 Å². The first-order valence-electron chi connectivity index (χ1n) is 10.6. The zero-order chi connectivity index (χ0) is 24.6. The summed E-state index contributed by atoms with van der Waals surface area (Å²) in [7, 11) is 0. The van der Waals surface area contributed by atoms with E-state index in [2.05, 4.69) is 5.32 Å². The standard InChI is InChI=1S/C19H33NO13/c1-5-9(20-7-2-6(3-21)10(23)13(26)11(7)24)12(25)16(29)19(31-5)33-17-8(4-22)32-18(30)15(28)14(17)27/h2,5,7-30H,3-4H2,1H3/t5-,7-,8-,9-,10-,11+,12+,13+,14-,15-,16-,17-,18+,19-/m1/s1. The van der Waals surface area contributed by atoms with Crippen molar-refractivity contribution in [1.82, 2.24) is 5.32 Å². The maximum atomic E-state index is 10.7. The van der Waals surface area contributed by atoms with E-state index in [4.69, 9.17) is 14.2 Å². The lowest BCUT2D eigenvalue weighted by Gasteiger charge is -2.47. The quantitative estimate of drug-likeness (QED) is 0.157. The third kappa shape index (κ3) is 5.24. The minimum atomic E-state index is -1.76. The summed E-state index contributed by atoms with van der Waals surface area (Å²) in [6.07, 6.45) is -16.8. The van der Waals surface area contributed by atoms with E-state index in [-0.39, 0.29) is 5.57 Å². The molecule has 2 fully saturated rings. The Balaban J connectivity index is 1.71. The van der Waals surface area contributed by atoms with Crippen LogP contribution in [-0.4, -0.2) is 150 Å². The van der Waals surface area contributed by atoms with Crippen molar-refractivity contribution >= 4 is 0 Å². The van der Waals surface area contributed by atoms with Crippen LogP contribution in [0.3, 0.4) is 0 Å². The SMILES string of the molecule is C[C@H]1O[C@H](O[C@H]2[C@H](O)[C@@H](O)[C@@H](O)O[C@@H]2CO)[C@H](O)[C@@H](O)[C@@H]1N[C@@H]1C=C(CO)[C@@H](O)[C@H](O)[C@H]1O.